The number of carbonyl (C=O) groups is 2. The van der Waals surface area contributed by atoms with Crippen LogP contribution in [0.2, 0.25) is 13.1 Å². The normalized spacial score (nSPS) is 13.5. The highest BCUT2D eigenvalue weighted by Crippen LogP contribution is 2.18. The van der Waals surface area contributed by atoms with Crippen LogP contribution in [-0.2, 0) is 14.0 Å². The van der Waals surface area contributed by atoms with Crippen molar-refractivity contribution in [3.8, 4) is 0 Å². The zero-order valence-electron chi connectivity index (χ0n) is 11.7. The molecule has 6 heteroatoms. The number of carboxylic acids is 1. The van der Waals surface area contributed by atoms with E-state index in [9.17, 15) is 9.59 Å². The molecule has 0 spiro atoms. The lowest BCUT2D eigenvalue weighted by molar-refractivity contribution is -0.146. The van der Waals surface area contributed by atoms with Gasteiger partial charge in [-0.05, 0) is 33.9 Å². The molecule has 0 rings (SSSR count). The smallest absolute Gasteiger partial charge is 0.317 e. The van der Waals surface area contributed by atoms with Crippen molar-refractivity contribution in [1.29, 1.82) is 0 Å². The van der Waals surface area contributed by atoms with Gasteiger partial charge in [-0.25, -0.2) is 0 Å². The van der Waals surface area contributed by atoms with Crippen molar-refractivity contribution in [2.75, 3.05) is 6.54 Å². The zero-order valence-corrected chi connectivity index (χ0v) is 12.7. The largest absolute Gasteiger partial charge is 0.517 e. The van der Waals surface area contributed by atoms with Gasteiger partial charge >= 0.3 is 11.9 Å². The summed E-state index contributed by atoms with van der Waals surface area (Å²) in [5.74, 6) is -1.41. The van der Waals surface area contributed by atoms with E-state index in [-0.39, 0.29) is 6.54 Å². The summed E-state index contributed by atoms with van der Waals surface area (Å²) in [4.78, 5) is 24.4. The van der Waals surface area contributed by atoms with E-state index in [0.29, 0.717) is 0 Å². The summed E-state index contributed by atoms with van der Waals surface area (Å²) in [6.07, 6.45) is 1.43. The topological polar surface area (TPSA) is 66.8 Å². The van der Waals surface area contributed by atoms with E-state index in [0.717, 1.165) is 0 Å². The van der Waals surface area contributed by atoms with Crippen LogP contribution < -0.4 is 0 Å². The van der Waals surface area contributed by atoms with Gasteiger partial charge < -0.3 is 9.53 Å². The predicted octanol–water partition coefficient (Wildman–Crippen LogP) is 1.52. The monoisotopic (exact) mass is 272 g/mol. The second-order valence-corrected chi connectivity index (χ2v) is 7.22. The molecule has 0 heterocycles. The van der Waals surface area contributed by atoms with Crippen LogP contribution >= 0.6 is 0 Å². The Kier molecular flexibility index (Phi) is 6.27. The van der Waals surface area contributed by atoms with E-state index in [2.05, 4.69) is 6.58 Å². The average molecular weight is 272 g/mol. The van der Waals surface area contributed by atoms with E-state index in [1.54, 1.807) is 4.90 Å². The van der Waals surface area contributed by atoms with Crippen LogP contribution in [0, 0.1) is 0 Å². The lowest BCUT2D eigenvalue weighted by Crippen LogP contribution is -2.53. The van der Waals surface area contributed by atoms with Gasteiger partial charge in [-0.15, -0.1) is 6.58 Å². The molecular formula is C12H22NO4Si. The summed E-state index contributed by atoms with van der Waals surface area (Å²) in [5, 5.41) is 8.93. The molecule has 0 aliphatic carbocycles. The Balaban J connectivity index is 5.09. The summed E-state index contributed by atoms with van der Waals surface area (Å²) in [5.41, 5.74) is -0.468. The van der Waals surface area contributed by atoms with Gasteiger partial charge in [-0.3, -0.25) is 14.5 Å². The first-order valence-corrected chi connectivity index (χ1v) is 8.13. The van der Waals surface area contributed by atoms with Gasteiger partial charge in [-0.1, -0.05) is 6.08 Å². The molecule has 0 bridgehead atoms. The third kappa shape index (κ3) is 5.46. The number of hydrogen-bond donors (Lipinski definition) is 1. The van der Waals surface area contributed by atoms with Crippen LogP contribution in [0.5, 0.6) is 0 Å². The number of carboxylic acid groups (broad SMARTS) is 1. The molecule has 1 unspecified atom stereocenters. The van der Waals surface area contributed by atoms with E-state index < -0.39 is 32.6 Å². The molecule has 0 aromatic carbocycles. The lowest BCUT2D eigenvalue weighted by atomic mass is 10.0. The molecule has 0 aliphatic heterocycles. The van der Waals surface area contributed by atoms with Gasteiger partial charge in [0.05, 0.1) is 6.54 Å². The Morgan fingerprint density at radius 2 is 1.94 bits per heavy atom. The average Bonchev–Trinajstić information content (AvgIpc) is 2.13. The van der Waals surface area contributed by atoms with Crippen molar-refractivity contribution in [2.45, 2.75) is 45.4 Å². The van der Waals surface area contributed by atoms with Gasteiger partial charge in [0.25, 0.3) is 9.04 Å². The molecule has 103 valence electrons. The molecule has 1 N–H and O–H groups in total. The SMILES string of the molecule is C=CC(C(=O)O[Si](C)C)N(CC(=O)O)C(C)(C)C. The Bertz CT molecular complexity index is 323. The van der Waals surface area contributed by atoms with Crippen molar-refractivity contribution >= 4 is 21.0 Å². The van der Waals surface area contributed by atoms with Gasteiger partial charge in [0, 0.05) is 5.54 Å². The Morgan fingerprint density at radius 1 is 1.44 bits per heavy atom. The number of nitrogens with zero attached hydrogens (tertiary/aromatic N) is 1. The van der Waals surface area contributed by atoms with E-state index >= 15 is 0 Å². The summed E-state index contributed by atoms with van der Waals surface area (Å²) >= 11 is 0. The summed E-state index contributed by atoms with van der Waals surface area (Å²) in [7, 11) is -1.17. The molecule has 1 atom stereocenters. The molecule has 0 saturated carbocycles. The third-order valence-corrected chi connectivity index (χ3v) is 2.88. The summed E-state index contributed by atoms with van der Waals surface area (Å²) < 4.78 is 5.22. The number of rotatable bonds is 6. The minimum atomic E-state index is -1.17. The first kappa shape index (κ1) is 16.9. The van der Waals surface area contributed by atoms with E-state index in [1.807, 2.05) is 33.9 Å². The summed E-state index contributed by atoms with van der Waals surface area (Å²) in [6, 6.07) is -0.735. The second-order valence-electron chi connectivity index (χ2n) is 5.20. The van der Waals surface area contributed by atoms with Gasteiger partial charge in [0.1, 0.15) is 6.04 Å². The highest BCUT2D eigenvalue weighted by Gasteiger charge is 2.34. The second kappa shape index (κ2) is 6.70. The first-order valence-electron chi connectivity index (χ1n) is 5.72. The highest BCUT2D eigenvalue weighted by atomic mass is 28.3. The van der Waals surface area contributed by atoms with Crippen LogP contribution in [-0.4, -0.2) is 49.1 Å². The van der Waals surface area contributed by atoms with E-state index in [4.69, 9.17) is 9.53 Å². The molecule has 0 aliphatic rings. The fourth-order valence-electron chi connectivity index (χ4n) is 1.51. The van der Waals surface area contributed by atoms with Gasteiger partial charge in [0.2, 0.25) is 0 Å². The molecule has 0 amide bonds. The Morgan fingerprint density at radius 3 is 2.22 bits per heavy atom. The molecule has 18 heavy (non-hydrogen) atoms. The maximum absolute atomic E-state index is 12.0. The Hall–Kier alpha value is -1.14. The molecule has 0 fully saturated rings. The van der Waals surface area contributed by atoms with Crippen LogP contribution in [0.3, 0.4) is 0 Å². The van der Waals surface area contributed by atoms with E-state index in [1.165, 1.54) is 6.08 Å². The minimum absolute atomic E-state index is 0.231. The minimum Gasteiger partial charge on any atom is -0.517 e. The first-order chi connectivity index (χ1) is 8.09. The van der Waals surface area contributed by atoms with Crippen molar-refractivity contribution in [2.24, 2.45) is 0 Å². The lowest BCUT2D eigenvalue weighted by Gasteiger charge is -2.38. The molecule has 0 aromatic heterocycles. The van der Waals surface area contributed by atoms with Crippen molar-refractivity contribution in [3.05, 3.63) is 12.7 Å². The standard InChI is InChI=1S/C12H22NO4Si/c1-7-9(11(16)17-18(5)6)13(8-10(14)15)12(2,3)4/h7,9H,1,8H2,2-6H3,(H,14,15). The van der Waals surface area contributed by atoms with Crippen LogP contribution in [0.15, 0.2) is 12.7 Å². The zero-order chi connectivity index (χ0) is 14.5. The third-order valence-electron chi connectivity index (χ3n) is 2.27. The maximum Gasteiger partial charge on any atom is 0.317 e. The van der Waals surface area contributed by atoms with Crippen LogP contribution in [0.25, 0.3) is 0 Å². The van der Waals surface area contributed by atoms with Crippen LogP contribution in [0.1, 0.15) is 20.8 Å². The van der Waals surface area contributed by atoms with Gasteiger partial charge in [-0.2, -0.15) is 0 Å². The van der Waals surface area contributed by atoms with Crippen LogP contribution in [0.4, 0.5) is 0 Å². The van der Waals surface area contributed by atoms with Crippen molar-refractivity contribution < 1.29 is 19.1 Å². The number of hydrogen-bond acceptors (Lipinski definition) is 4. The maximum atomic E-state index is 12.0. The molecule has 1 radical (unpaired) electrons. The predicted molar refractivity (Wildman–Crippen MR) is 71.7 cm³/mol. The van der Waals surface area contributed by atoms with Crippen molar-refractivity contribution in [1.82, 2.24) is 4.90 Å². The molecule has 0 aromatic rings. The fraction of sp³-hybridized carbons (Fsp3) is 0.667. The van der Waals surface area contributed by atoms with Gasteiger partial charge in [0.15, 0.2) is 0 Å². The van der Waals surface area contributed by atoms with Crippen molar-refractivity contribution in [3.63, 3.8) is 0 Å². The number of aliphatic carboxylic acids is 1. The number of carbonyl (C=O) groups excluding carboxylic acids is 1. The molecule has 5 nitrogen and oxygen atoms in total. The molecular weight excluding hydrogens is 250 g/mol. The fourth-order valence-corrected chi connectivity index (χ4v) is 2.03. The Labute approximate surface area is 110 Å². The highest BCUT2D eigenvalue weighted by molar-refractivity contribution is 6.50. The quantitative estimate of drug-likeness (QED) is 0.586. The molecule has 0 saturated heterocycles. The summed E-state index contributed by atoms with van der Waals surface area (Å²) in [6.45, 7) is 12.6.